The van der Waals surface area contributed by atoms with E-state index < -0.39 is 67.4 Å². The van der Waals surface area contributed by atoms with Crippen LogP contribution in [0.25, 0.3) is 0 Å². The average molecular weight is 1150 g/mol. The van der Waals surface area contributed by atoms with Crippen molar-refractivity contribution in [3.8, 4) is 0 Å². The lowest BCUT2D eigenvalue weighted by atomic mass is 9.99. The molecule has 11 heteroatoms. The summed E-state index contributed by atoms with van der Waals surface area (Å²) in [5.74, 6) is -1.24. The minimum Gasteiger partial charge on any atom is -0.454 e. The second-order valence-corrected chi connectivity index (χ2v) is 22.9. The molecule has 6 N–H and O–H groups in total. The summed E-state index contributed by atoms with van der Waals surface area (Å²) in [7, 11) is 0. The molecule has 1 fully saturated rings. The van der Waals surface area contributed by atoms with Crippen molar-refractivity contribution in [2.75, 3.05) is 13.2 Å². The molecule has 1 amide bonds. The Morgan fingerprint density at radius 1 is 0.500 bits per heavy atom. The molecule has 0 aromatic carbocycles. The van der Waals surface area contributed by atoms with Crippen LogP contribution in [-0.2, 0) is 23.8 Å². The fraction of sp³-hybridized carbons (Fsp3) is 0.746. The summed E-state index contributed by atoms with van der Waals surface area (Å²) in [6, 6.07) is -1.04. The molecular formula is C71H123NO10. The van der Waals surface area contributed by atoms with Crippen LogP contribution in [0.15, 0.2) is 97.2 Å². The van der Waals surface area contributed by atoms with E-state index in [2.05, 4.69) is 62.5 Å². The van der Waals surface area contributed by atoms with Crippen LogP contribution >= 0.6 is 0 Å². The quantitative estimate of drug-likeness (QED) is 0.0149. The zero-order valence-electron chi connectivity index (χ0n) is 52.3. The summed E-state index contributed by atoms with van der Waals surface area (Å²) in [6.07, 6.45) is 67.4. The number of carbonyl (C=O) groups is 2. The van der Waals surface area contributed by atoms with E-state index in [1.807, 2.05) is 54.7 Å². The highest BCUT2D eigenvalue weighted by Gasteiger charge is 2.47. The van der Waals surface area contributed by atoms with Crippen LogP contribution in [0.1, 0.15) is 278 Å². The van der Waals surface area contributed by atoms with E-state index in [9.17, 15) is 35.1 Å². The third kappa shape index (κ3) is 45.0. The van der Waals surface area contributed by atoms with Gasteiger partial charge in [-0.3, -0.25) is 9.59 Å². The summed E-state index contributed by atoms with van der Waals surface area (Å²) in [6.45, 7) is 5.61. The maximum atomic E-state index is 13.5. The molecule has 0 bridgehead atoms. The average Bonchev–Trinajstić information content (AvgIpc) is 3.44. The van der Waals surface area contributed by atoms with Crippen molar-refractivity contribution >= 4 is 11.9 Å². The Kier molecular flexibility index (Phi) is 54.2. The number of aliphatic hydroxyl groups is 5. The minimum atomic E-state index is -1.64. The van der Waals surface area contributed by atoms with E-state index in [-0.39, 0.29) is 19.4 Å². The van der Waals surface area contributed by atoms with Gasteiger partial charge in [0, 0.05) is 6.42 Å². The summed E-state index contributed by atoms with van der Waals surface area (Å²) in [5, 5.41) is 57.1. The lowest BCUT2D eigenvalue weighted by Gasteiger charge is -2.41. The molecule has 0 saturated carbocycles. The lowest BCUT2D eigenvalue weighted by Crippen LogP contribution is -2.61. The lowest BCUT2D eigenvalue weighted by molar-refractivity contribution is -0.305. The summed E-state index contributed by atoms with van der Waals surface area (Å²) < 4.78 is 17.6. The predicted octanol–water partition coefficient (Wildman–Crippen LogP) is 16.7. The molecule has 1 aliphatic heterocycles. The number of rotatable bonds is 56. The van der Waals surface area contributed by atoms with Crippen LogP contribution in [0.3, 0.4) is 0 Å². The summed E-state index contributed by atoms with van der Waals surface area (Å²) in [4.78, 5) is 26.6. The van der Waals surface area contributed by atoms with E-state index in [1.54, 1.807) is 6.08 Å². The van der Waals surface area contributed by atoms with Gasteiger partial charge in [-0.05, 0) is 77.0 Å². The number of allylic oxidation sites excluding steroid dienone is 15. The Hall–Kier alpha value is -3.42. The highest BCUT2D eigenvalue weighted by atomic mass is 16.7. The first-order valence-electron chi connectivity index (χ1n) is 33.6. The highest BCUT2D eigenvalue weighted by Crippen LogP contribution is 2.26. The Morgan fingerprint density at radius 3 is 1.44 bits per heavy atom. The van der Waals surface area contributed by atoms with Crippen molar-refractivity contribution < 1.29 is 49.3 Å². The SMILES string of the molecule is CC/C=C/C=C/C=C\C=C/C=C/CCCCCC(=O)OC1C(OCC(NC(=O)C(O)CCCCCCCCCCCCCCCCCC/C=C\C/C=C\CCCCC)C(O)/C=C/CCCCCCCCCCCC)OC(CO)C(O)C1O. The first-order valence-corrected chi connectivity index (χ1v) is 33.6. The van der Waals surface area contributed by atoms with Crippen molar-refractivity contribution in [3.05, 3.63) is 97.2 Å². The molecule has 0 aromatic rings. The molecule has 82 heavy (non-hydrogen) atoms. The predicted molar refractivity (Wildman–Crippen MR) is 342 cm³/mol. The molecular weight excluding hydrogens is 1030 g/mol. The van der Waals surface area contributed by atoms with E-state index in [0.717, 1.165) is 70.6 Å². The van der Waals surface area contributed by atoms with Gasteiger partial charge in [-0.2, -0.15) is 0 Å². The standard InChI is InChI=1S/C71H123NO10/c1-4-7-10-13-16-19-22-25-27-28-29-30-31-32-33-34-35-36-37-39-40-43-46-49-52-55-58-64(75)70(79)72-62(63(74)57-54-51-48-45-42-24-21-18-15-12-9-6-3)61-80-71-69(68(78)67(77)65(60-73)81-71)82-66(76)59-56-53-50-47-44-41-38-26-23-20-17-14-11-8-5-2/h8,11,14,16-17,19-20,23,25-27,38,41,44,54,57,62-65,67-69,71,73-75,77-78H,4-7,9-10,12-13,15,18,21-22,24,28-37,39-40,42-43,45-53,55-56,58-61H2,1-3H3,(H,72,79)/b11-8+,17-14+,19-16-,23-20-,27-25-,38-26-,44-41+,57-54+. The van der Waals surface area contributed by atoms with Crippen molar-refractivity contribution in [2.24, 2.45) is 0 Å². The van der Waals surface area contributed by atoms with Gasteiger partial charge in [0.1, 0.15) is 24.4 Å². The molecule has 0 aliphatic carbocycles. The monoisotopic (exact) mass is 1150 g/mol. The third-order valence-corrected chi connectivity index (χ3v) is 15.3. The van der Waals surface area contributed by atoms with E-state index in [4.69, 9.17) is 14.2 Å². The number of nitrogens with one attached hydrogen (secondary N) is 1. The molecule has 472 valence electrons. The van der Waals surface area contributed by atoms with Gasteiger partial charge in [0.05, 0.1) is 25.4 Å². The molecule has 1 heterocycles. The van der Waals surface area contributed by atoms with E-state index >= 15 is 0 Å². The number of aliphatic hydroxyl groups excluding tert-OH is 5. The topological polar surface area (TPSA) is 175 Å². The molecule has 8 unspecified atom stereocenters. The van der Waals surface area contributed by atoms with Gasteiger partial charge in [-0.1, -0.05) is 291 Å². The maximum absolute atomic E-state index is 13.5. The van der Waals surface area contributed by atoms with Crippen LogP contribution < -0.4 is 5.32 Å². The van der Waals surface area contributed by atoms with Gasteiger partial charge in [-0.25, -0.2) is 0 Å². The fourth-order valence-corrected chi connectivity index (χ4v) is 10.1. The van der Waals surface area contributed by atoms with Gasteiger partial charge in [-0.15, -0.1) is 0 Å². The molecule has 1 rings (SSSR count). The van der Waals surface area contributed by atoms with Gasteiger partial charge in [0.15, 0.2) is 12.4 Å². The second-order valence-electron chi connectivity index (χ2n) is 22.9. The number of unbranched alkanes of at least 4 members (excludes halogenated alkanes) is 32. The highest BCUT2D eigenvalue weighted by molar-refractivity contribution is 5.80. The maximum Gasteiger partial charge on any atom is 0.306 e. The molecule has 11 nitrogen and oxygen atoms in total. The number of hydrogen-bond acceptors (Lipinski definition) is 10. The van der Waals surface area contributed by atoms with Gasteiger partial charge in [0.2, 0.25) is 5.91 Å². The first kappa shape index (κ1) is 76.6. The van der Waals surface area contributed by atoms with Crippen LogP contribution in [-0.4, -0.2) is 99.6 Å². The fourth-order valence-electron chi connectivity index (χ4n) is 10.1. The molecule has 0 spiro atoms. The van der Waals surface area contributed by atoms with Crippen LogP contribution in [0.2, 0.25) is 0 Å². The Balaban J connectivity index is 2.59. The van der Waals surface area contributed by atoms with Crippen molar-refractivity contribution in [3.63, 3.8) is 0 Å². The van der Waals surface area contributed by atoms with Crippen molar-refractivity contribution in [1.82, 2.24) is 5.32 Å². The van der Waals surface area contributed by atoms with Crippen molar-refractivity contribution in [1.29, 1.82) is 0 Å². The van der Waals surface area contributed by atoms with Crippen LogP contribution in [0, 0.1) is 0 Å². The van der Waals surface area contributed by atoms with Gasteiger partial charge in [0.25, 0.3) is 0 Å². The summed E-state index contributed by atoms with van der Waals surface area (Å²) in [5.41, 5.74) is 0. The van der Waals surface area contributed by atoms with Gasteiger partial charge < -0.3 is 45.1 Å². The van der Waals surface area contributed by atoms with Crippen LogP contribution in [0.5, 0.6) is 0 Å². The number of esters is 1. The first-order chi connectivity index (χ1) is 40.2. The second kappa shape index (κ2) is 58.0. The van der Waals surface area contributed by atoms with Crippen LogP contribution in [0.4, 0.5) is 0 Å². The third-order valence-electron chi connectivity index (χ3n) is 15.3. The smallest absolute Gasteiger partial charge is 0.306 e. The number of hydrogen-bond donors (Lipinski definition) is 6. The zero-order chi connectivity index (χ0) is 59.6. The Labute approximate surface area is 501 Å². The van der Waals surface area contributed by atoms with Crippen molar-refractivity contribution in [2.45, 2.75) is 327 Å². The summed E-state index contributed by atoms with van der Waals surface area (Å²) >= 11 is 0. The van der Waals surface area contributed by atoms with Gasteiger partial charge >= 0.3 is 5.97 Å². The molecule has 8 atom stereocenters. The zero-order valence-corrected chi connectivity index (χ0v) is 52.3. The number of amides is 1. The molecule has 0 aromatic heterocycles. The van der Waals surface area contributed by atoms with E-state index in [0.29, 0.717) is 12.8 Å². The number of ether oxygens (including phenoxy) is 3. The molecule has 1 saturated heterocycles. The number of carbonyl (C=O) groups excluding carboxylic acids is 2. The Morgan fingerprint density at radius 2 is 0.927 bits per heavy atom. The minimum absolute atomic E-state index is 0.0711. The molecule has 0 radical (unpaired) electrons. The van der Waals surface area contributed by atoms with E-state index in [1.165, 1.54) is 161 Å². The molecule has 1 aliphatic rings. The Bertz CT molecular complexity index is 1700. The largest absolute Gasteiger partial charge is 0.454 e. The normalized spacial score (nSPS) is 19.2.